The van der Waals surface area contributed by atoms with Crippen molar-refractivity contribution in [3.8, 4) is 5.75 Å². The monoisotopic (exact) mass is 300 g/mol. The Morgan fingerprint density at radius 3 is 2.19 bits per heavy atom. The van der Waals surface area contributed by atoms with E-state index in [1.54, 1.807) is 11.8 Å². The van der Waals surface area contributed by atoms with Crippen molar-refractivity contribution in [2.75, 3.05) is 6.26 Å². The zero-order chi connectivity index (χ0) is 15.4. The minimum absolute atomic E-state index is 0.158. The van der Waals surface area contributed by atoms with Crippen molar-refractivity contribution in [2.45, 2.75) is 31.6 Å². The topological polar surface area (TPSA) is 37.3 Å². The van der Waals surface area contributed by atoms with Crippen LogP contribution in [0, 0.1) is 13.8 Å². The van der Waals surface area contributed by atoms with Crippen molar-refractivity contribution >= 4 is 17.5 Å². The summed E-state index contributed by atoms with van der Waals surface area (Å²) >= 11 is 1.67. The molecule has 2 aromatic rings. The summed E-state index contributed by atoms with van der Waals surface area (Å²) in [7, 11) is 0. The van der Waals surface area contributed by atoms with E-state index in [0.29, 0.717) is 18.6 Å². The van der Waals surface area contributed by atoms with Crippen LogP contribution < -0.4 is 0 Å². The maximum atomic E-state index is 12.2. The van der Waals surface area contributed by atoms with Crippen LogP contribution >= 0.6 is 11.8 Å². The van der Waals surface area contributed by atoms with Crippen LogP contribution in [0.15, 0.2) is 41.3 Å². The summed E-state index contributed by atoms with van der Waals surface area (Å²) in [5.41, 5.74) is 3.58. The first-order chi connectivity index (χ1) is 10.0. The first-order valence-electron chi connectivity index (χ1n) is 6.97. The number of carbonyl (C=O) groups is 1. The average molecular weight is 300 g/mol. The Morgan fingerprint density at radius 1 is 1.10 bits per heavy atom. The molecule has 0 saturated carbocycles. The van der Waals surface area contributed by atoms with E-state index in [-0.39, 0.29) is 5.78 Å². The van der Waals surface area contributed by atoms with Crippen LogP contribution in [0.3, 0.4) is 0 Å². The Balaban J connectivity index is 2.03. The zero-order valence-electron chi connectivity index (χ0n) is 12.6. The lowest BCUT2D eigenvalue weighted by Crippen LogP contribution is -2.01. The Labute approximate surface area is 130 Å². The molecule has 0 radical (unpaired) electrons. The fraction of sp³-hybridized carbons (Fsp3) is 0.278. The van der Waals surface area contributed by atoms with Crippen LogP contribution in [0.4, 0.5) is 0 Å². The fourth-order valence-electron chi connectivity index (χ4n) is 2.37. The van der Waals surface area contributed by atoms with Crippen LogP contribution in [0.2, 0.25) is 0 Å². The van der Waals surface area contributed by atoms with Gasteiger partial charge in [0.2, 0.25) is 0 Å². The Kier molecular flexibility index (Phi) is 5.07. The lowest BCUT2D eigenvalue weighted by molar-refractivity contribution is 0.0983. The molecule has 0 aromatic heterocycles. The first kappa shape index (κ1) is 15.6. The Bertz CT molecular complexity index is 622. The van der Waals surface area contributed by atoms with E-state index in [2.05, 4.69) is 0 Å². The highest BCUT2D eigenvalue weighted by Crippen LogP contribution is 2.24. The molecule has 0 saturated heterocycles. The van der Waals surface area contributed by atoms with Gasteiger partial charge in [-0.05, 0) is 55.3 Å². The quantitative estimate of drug-likeness (QED) is 0.650. The molecule has 21 heavy (non-hydrogen) atoms. The second-order valence-electron chi connectivity index (χ2n) is 5.23. The number of phenols is 1. The lowest BCUT2D eigenvalue weighted by atomic mass is 9.99. The molecule has 0 aliphatic heterocycles. The SMILES string of the molecule is CSc1ccc(C(=O)CCc2cc(C)c(O)c(C)c2)cc1. The van der Waals surface area contributed by atoms with Gasteiger partial charge in [0.15, 0.2) is 5.78 Å². The number of aromatic hydroxyl groups is 1. The standard InChI is InChI=1S/C18H20O2S/c1-12-10-14(11-13(2)18(12)20)4-9-17(19)15-5-7-16(21-3)8-6-15/h5-8,10-11,20H,4,9H2,1-3H3. The van der Waals surface area contributed by atoms with E-state index in [1.807, 2.05) is 56.5 Å². The molecule has 2 rings (SSSR count). The predicted molar refractivity (Wildman–Crippen MR) is 88.5 cm³/mol. The number of hydrogen-bond donors (Lipinski definition) is 1. The highest BCUT2D eigenvalue weighted by molar-refractivity contribution is 7.98. The zero-order valence-corrected chi connectivity index (χ0v) is 13.5. The third-order valence-corrected chi connectivity index (χ3v) is 4.35. The lowest BCUT2D eigenvalue weighted by Gasteiger charge is -2.08. The van der Waals surface area contributed by atoms with Gasteiger partial charge in [-0.2, -0.15) is 0 Å². The number of aryl methyl sites for hydroxylation is 3. The number of phenolic OH excluding ortho intramolecular Hbond substituents is 1. The molecule has 0 bridgehead atoms. The molecule has 2 nitrogen and oxygen atoms in total. The Hall–Kier alpha value is -1.74. The minimum atomic E-state index is 0.158. The van der Waals surface area contributed by atoms with Crippen molar-refractivity contribution in [2.24, 2.45) is 0 Å². The van der Waals surface area contributed by atoms with E-state index in [0.717, 1.165) is 27.1 Å². The first-order valence-corrected chi connectivity index (χ1v) is 8.20. The van der Waals surface area contributed by atoms with E-state index < -0.39 is 0 Å². The third-order valence-electron chi connectivity index (χ3n) is 3.60. The second kappa shape index (κ2) is 6.81. The summed E-state index contributed by atoms with van der Waals surface area (Å²) in [4.78, 5) is 13.4. The van der Waals surface area contributed by atoms with Gasteiger partial charge in [0, 0.05) is 16.9 Å². The smallest absolute Gasteiger partial charge is 0.163 e. The summed E-state index contributed by atoms with van der Waals surface area (Å²) in [5, 5.41) is 9.77. The minimum Gasteiger partial charge on any atom is -0.507 e. The van der Waals surface area contributed by atoms with Gasteiger partial charge < -0.3 is 5.11 Å². The van der Waals surface area contributed by atoms with E-state index in [9.17, 15) is 9.90 Å². The van der Waals surface area contributed by atoms with Crippen molar-refractivity contribution in [1.29, 1.82) is 0 Å². The number of benzene rings is 2. The Morgan fingerprint density at radius 2 is 1.67 bits per heavy atom. The molecule has 110 valence electrons. The number of carbonyl (C=O) groups excluding carboxylic acids is 1. The van der Waals surface area contributed by atoms with Crippen LogP contribution in [0.1, 0.15) is 33.5 Å². The van der Waals surface area contributed by atoms with Crippen molar-refractivity contribution in [1.82, 2.24) is 0 Å². The molecular weight excluding hydrogens is 280 g/mol. The van der Waals surface area contributed by atoms with Crippen molar-refractivity contribution in [3.63, 3.8) is 0 Å². The summed E-state index contributed by atoms with van der Waals surface area (Å²) < 4.78 is 0. The number of ketones is 1. The third kappa shape index (κ3) is 3.88. The molecular formula is C18H20O2S. The highest BCUT2D eigenvalue weighted by atomic mass is 32.2. The van der Waals surface area contributed by atoms with Gasteiger partial charge in [-0.25, -0.2) is 0 Å². The summed E-state index contributed by atoms with van der Waals surface area (Å²) in [6.07, 6.45) is 3.21. The molecule has 0 spiro atoms. The van der Waals surface area contributed by atoms with Gasteiger partial charge in [-0.1, -0.05) is 24.3 Å². The number of Topliss-reactive ketones (excluding diaryl/α,β-unsaturated/α-hetero) is 1. The van der Waals surface area contributed by atoms with Crippen molar-refractivity contribution in [3.05, 3.63) is 58.7 Å². The van der Waals surface area contributed by atoms with E-state index >= 15 is 0 Å². The summed E-state index contributed by atoms with van der Waals surface area (Å²) in [5.74, 6) is 0.503. The van der Waals surface area contributed by atoms with Gasteiger partial charge in [0.25, 0.3) is 0 Å². The number of hydrogen-bond acceptors (Lipinski definition) is 3. The van der Waals surface area contributed by atoms with E-state index in [1.165, 1.54) is 0 Å². The largest absolute Gasteiger partial charge is 0.507 e. The molecule has 0 fully saturated rings. The summed E-state index contributed by atoms with van der Waals surface area (Å²) in [6, 6.07) is 11.6. The van der Waals surface area contributed by atoms with Gasteiger partial charge in [0.05, 0.1) is 0 Å². The molecule has 0 amide bonds. The number of thioether (sulfide) groups is 1. The average Bonchev–Trinajstić information content (AvgIpc) is 2.50. The molecule has 0 heterocycles. The molecule has 0 aliphatic rings. The van der Waals surface area contributed by atoms with Crippen molar-refractivity contribution < 1.29 is 9.90 Å². The van der Waals surface area contributed by atoms with Crippen LogP contribution in [-0.4, -0.2) is 17.1 Å². The van der Waals surface area contributed by atoms with Gasteiger partial charge in [-0.15, -0.1) is 11.8 Å². The predicted octanol–water partition coefficient (Wildman–Crippen LogP) is 4.55. The highest BCUT2D eigenvalue weighted by Gasteiger charge is 2.08. The second-order valence-corrected chi connectivity index (χ2v) is 6.11. The van der Waals surface area contributed by atoms with Crippen LogP contribution in [-0.2, 0) is 6.42 Å². The van der Waals surface area contributed by atoms with Crippen LogP contribution in [0.25, 0.3) is 0 Å². The molecule has 3 heteroatoms. The van der Waals surface area contributed by atoms with Gasteiger partial charge in [0.1, 0.15) is 5.75 Å². The molecule has 0 aliphatic carbocycles. The molecule has 2 aromatic carbocycles. The fourth-order valence-corrected chi connectivity index (χ4v) is 2.78. The summed E-state index contributed by atoms with van der Waals surface area (Å²) in [6.45, 7) is 3.77. The van der Waals surface area contributed by atoms with Gasteiger partial charge in [-0.3, -0.25) is 4.79 Å². The molecule has 0 atom stereocenters. The molecule has 1 N–H and O–H groups in total. The maximum absolute atomic E-state index is 12.2. The van der Waals surface area contributed by atoms with E-state index in [4.69, 9.17) is 0 Å². The normalized spacial score (nSPS) is 10.6. The van der Waals surface area contributed by atoms with Gasteiger partial charge >= 0.3 is 0 Å². The number of rotatable bonds is 5. The van der Waals surface area contributed by atoms with Crippen LogP contribution in [0.5, 0.6) is 5.75 Å². The molecule has 0 unspecified atom stereocenters. The maximum Gasteiger partial charge on any atom is 0.163 e.